The molecule has 0 radical (unpaired) electrons. The van der Waals surface area contributed by atoms with E-state index in [0.717, 1.165) is 22.2 Å². The van der Waals surface area contributed by atoms with Gasteiger partial charge >= 0.3 is 6.03 Å². The van der Waals surface area contributed by atoms with Gasteiger partial charge in [-0.2, -0.15) is 0 Å². The molecular formula is C25H30N6O4. The van der Waals surface area contributed by atoms with Gasteiger partial charge in [-0.3, -0.25) is 14.5 Å². The molecule has 3 aliphatic rings. The molecule has 1 N–H and O–H groups in total. The Balaban J connectivity index is 1.25. The van der Waals surface area contributed by atoms with Crippen LogP contribution in [0.4, 0.5) is 10.6 Å². The number of amides is 4. The number of ether oxygens (including phenoxy) is 1. The lowest BCUT2D eigenvalue weighted by Crippen LogP contribution is -2.52. The monoisotopic (exact) mass is 478 g/mol. The summed E-state index contributed by atoms with van der Waals surface area (Å²) in [7, 11) is 0. The van der Waals surface area contributed by atoms with E-state index in [1.165, 1.54) is 0 Å². The number of para-hydroxylation sites is 1. The van der Waals surface area contributed by atoms with Crippen LogP contribution in [0.5, 0.6) is 5.75 Å². The predicted octanol–water partition coefficient (Wildman–Crippen LogP) is 1.79. The molecule has 4 heterocycles. The number of fused-ring (bicyclic) bond motifs is 2. The third-order valence-electron chi connectivity index (χ3n) is 6.88. The number of aromatic nitrogens is 2. The molecule has 35 heavy (non-hydrogen) atoms. The maximum Gasteiger partial charge on any atom is 0.325 e. The average molecular weight is 479 g/mol. The van der Waals surface area contributed by atoms with Crippen LogP contribution in [0.3, 0.4) is 0 Å². The number of anilines is 1. The highest BCUT2D eigenvalue weighted by atomic mass is 16.5. The van der Waals surface area contributed by atoms with E-state index >= 15 is 0 Å². The fourth-order valence-corrected chi connectivity index (χ4v) is 4.93. The van der Waals surface area contributed by atoms with Gasteiger partial charge in [0, 0.05) is 55.8 Å². The van der Waals surface area contributed by atoms with Gasteiger partial charge in [0.05, 0.1) is 6.61 Å². The van der Waals surface area contributed by atoms with Crippen molar-refractivity contribution >= 4 is 23.7 Å². The summed E-state index contributed by atoms with van der Waals surface area (Å²) in [6.45, 7) is 8.34. The maximum atomic E-state index is 13.4. The van der Waals surface area contributed by atoms with E-state index in [2.05, 4.69) is 29.0 Å². The van der Waals surface area contributed by atoms with Crippen molar-refractivity contribution in [3.8, 4) is 5.75 Å². The lowest BCUT2D eigenvalue weighted by molar-refractivity contribution is -0.139. The van der Waals surface area contributed by atoms with Crippen LogP contribution in [0.2, 0.25) is 0 Å². The molecule has 1 aromatic carbocycles. The van der Waals surface area contributed by atoms with E-state index in [4.69, 9.17) is 9.72 Å². The molecular weight excluding hydrogens is 448 g/mol. The Hall–Kier alpha value is -3.69. The third kappa shape index (κ3) is 4.06. The molecule has 1 spiro atoms. The highest BCUT2D eigenvalue weighted by molar-refractivity contribution is 6.09. The molecule has 0 unspecified atom stereocenters. The van der Waals surface area contributed by atoms with Crippen molar-refractivity contribution in [2.24, 2.45) is 0 Å². The van der Waals surface area contributed by atoms with Crippen LogP contribution >= 0.6 is 0 Å². The molecule has 4 amide bonds. The molecule has 0 saturated carbocycles. The van der Waals surface area contributed by atoms with Gasteiger partial charge in [0.2, 0.25) is 5.91 Å². The Kier molecular flexibility index (Phi) is 5.82. The first-order valence-electron chi connectivity index (χ1n) is 12.0. The van der Waals surface area contributed by atoms with Crippen molar-refractivity contribution in [3.05, 3.63) is 47.4 Å². The van der Waals surface area contributed by atoms with Crippen LogP contribution in [0.25, 0.3) is 0 Å². The summed E-state index contributed by atoms with van der Waals surface area (Å²) in [5, 5.41) is 2.85. The molecule has 2 fully saturated rings. The molecule has 1 atom stereocenters. The summed E-state index contributed by atoms with van der Waals surface area (Å²) in [5.74, 6) is 1.84. The summed E-state index contributed by atoms with van der Waals surface area (Å²) in [6.07, 6.45) is 0.328. The molecule has 3 aliphatic heterocycles. The summed E-state index contributed by atoms with van der Waals surface area (Å²) in [6, 6.07) is 8.62. The zero-order valence-corrected chi connectivity index (χ0v) is 20.3. The number of piperazine rings is 1. The third-order valence-corrected chi connectivity index (χ3v) is 6.88. The molecule has 2 aromatic rings. The van der Waals surface area contributed by atoms with Crippen LogP contribution in [0.1, 0.15) is 43.3 Å². The Morgan fingerprint density at radius 3 is 2.63 bits per heavy atom. The standard InChI is InChI=1S/C25H30N6O4/c1-16(2)22-26-17(3)14-20(27-22)29-9-11-30(12-10-29)21(32)15-31-23(33)25(28-24(31)34)8-13-35-19-7-5-4-6-18(19)25/h4-7,14,16H,8-13,15H2,1-3H3,(H,28,34)/t25-/m0/s1. The van der Waals surface area contributed by atoms with Gasteiger partial charge in [-0.25, -0.2) is 14.8 Å². The molecule has 0 aliphatic carbocycles. The number of hydrogen-bond donors (Lipinski definition) is 1. The number of benzene rings is 1. The average Bonchev–Trinajstić information content (AvgIpc) is 3.08. The van der Waals surface area contributed by atoms with Gasteiger partial charge in [-0.05, 0) is 13.0 Å². The van der Waals surface area contributed by atoms with Crippen molar-refractivity contribution in [2.75, 3.05) is 44.2 Å². The largest absolute Gasteiger partial charge is 0.493 e. The van der Waals surface area contributed by atoms with Gasteiger partial charge in [-0.15, -0.1) is 0 Å². The second-order valence-corrected chi connectivity index (χ2v) is 9.57. The van der Waals surface area contributed by atoms with E-state index in [1.807, 2.05) is 25.1 Å². The van der Waals surface area contributed by atoms with E-state index in [1.54, 1.807) is 17.0 Å². The van der Waals surface area contributed by atoms with Crippen LogP contribution < -0.4 is 15.0 Å². The Bertz CT molecular complexity index is 1180. The highest BCUT2D eigenvalue weighted by Gasteiger charge is 2.55. The number of nitrogens with one attached hydrogen (secondary N) is 1. The number of carbonyl (C=O) groups excluding carboxylic acids is 3. The Morgan fingerprint density at radius 2 is 1.89 bits per heavy atom. The minimum atomic E-state index is -1.18. The highest BCUT2D eigenvalue weighted by Crippen LogP contribution is 2.40. The minimum absolute atomic E-state index is 0.228. The fraction of sp³-hybridized carbons (Fsp3) is 0.480. The zero-order valence-electron chi connectivity index (χ0n) is 20.3. The summed E-state index contributed by atoms with van der Waals surface area (Å²) in [5.41, 5.74) is 0.373. The van der Waals surface area contributed by atoms with Crippen LogP contribution in [0, 0.1) is 6.92 Å². The molecule has 184 valence electrons. The second-order valence-electron chi connectivity index (χ2n) is 9.57. The first-order chi connectivity index (χ1) is 16.8. The number of rotatable bonds is 4. The number of urea groups is 1. The number of imide groups is 1. The van der Waals surface area contributed by atoms with Crippen LogP contribution in [-0.4, -0.2) is 76.9 Å². The van der Waals surface area contributed by atoms with Gasteiger partial charge in [0.1, 0.15) is 23.9 Å². The molecule has 0 bridgehead atoms. The number of carbonyl (C=O) groups is 3. The first kappa shape index (κ1) is 23.1. The van der Waals surface area contributed by atoms with Crippen molar-refractivity contribution in [1.82, 2.24) is 25.1 Å². The Labute approximate surface area is 204 Å². The fourth-order valence-electron chi connectivity index (χ4n) is 4.93. The topological polar surface area (TPSA) is 108 Å². The number of hydrogen-bond acceptors (Lipinski definition) is 7. The van der Waals surface area contributed by atoms with Crippen molar-refractivity contribution in [3.63, 3.8) is 0 Å². The summed E-state index contributed by atoms with van der Waals surface area (Å²) >= 11 is 0. The molecule has 2 saturated heterocycles. The van der Waals surface area contributed by atoms with Gasteiger partial charge < -0.3 is 19.9 Å². The first-order valence-corrected chi connectivity index (χ1v) is 12.0. The molecule has 10 nitrogen and oxygen atoms in total. The van der Waals surface area contributed by atoms with E-state index in [9.17, 15) is 14.4 Å². The molecule has 1 aromatic heterocycles. The molecule has 5 rings (SSSR count). The van der Waals surface area contributed by atoms with Gasteiger partial charge in [0.25, 0.3) is 5.91 Å². The smallest absolute Gasteiger partial charge is 0.325 e. The SMILES string of the molecule is Cc1cc(N2CCN(C(=O)CN3C(=O)N[C@]4(CCOc5ccccc54)C3=O)CC2)nc(C(C)C)n1. The summed E-state index contributed by atoms with van der Waals surface area (Å²) < 4.78 is 5.67. The van der Waals surface area contributed by atoms with Crippen molar-refractivity contribution in [1.29, 1.82) is 0 Å². The van der Waals surface area contributed by atoms with Crippen LogP contribution in [0.15, 0.2) is 30.3 Å². The van der Waals surface area contributed by atoms with E-state index < -0.39 is 17.5 Å². The Morgan fingerprint density at radius 1 is 1.14 bits per heavy atom. The number of aryl methyl sites for hydroxylation is 1. The molecule has 10 heteroatoms. The van der Waals surface area contributed by atoms with Crippen LogP contribution in [-0.2, 0) is 15.1 Å². The normalized spacial score (nSPS) is 21.9. The van der Waals surface area contributed by atoms with Crippen molar-refractivity contribution < 1.29 is 19.1 Å². The van der Waals surface area contributed by atoms with E-state index in [0.29, 0.717) is 50.5 Å². The summed E-state index contributed by atoms with van der Waals surface area (Å²) in [4.78, 5) is 53.4. The lowest BCUT2D eigenvalue weighted by Gasteiger charge is -2.36. The predicted molar refractivity (Wildman–Crippen MR) is 128 cm³/mol. The minimum Gasteiger partial charge on any atom is -0.493 e. The lowest BCUT2D eigenvalue weighted by atomic mass is 9.84. The quantitative estimate of drug-likeness (QED) is 0.668. The second kappa shape index (κ2) is 8.83. The van der Waals surface area contributed by atoms with Gasteiger partial charge in [-0.1, -0.05) is 32.0 Å². The zero-order chi connectivity index (χ0) is 24.7. The van der Waals surface area contributed by atoms with Crippen molar-refractivity contribution in [2.45, 2.75) is 38.6 Å². The maximum absolute atomic E-state index is 13.4. The van der Waals surface area contributed by atoms with E-state index in [-0.39, 0.29) is 18.4 Å². The van der Waals surface area contributed by atoms with Gasteiger partial charge in [0.15, 0.2) is 5.54 Å². The number of nitrogens with zero attached hydrogens (tertiary/aromatic N) is 5.